The Balaban J connectivity index is 2.14. The second-order valence-corrected chi connectivity index (χ2v) is 4.91. The van der Waals surface area contributed by atoms with E-state index in [2.05, 4.69) is 4.98 Å². The molecule has 2 heterocycles. The number of rotatable bonds is 5. The number of thiophene rings is 1. The molecule has 0 aromatic carbocycles. The zero-order valence-electron chi connectivity index (χ0n) is 10.0. The summed E-state index contributed by atoms with van der Waals surface area (Å²) < 4.78 is 5.65. The van der Waals surface area contributed by atoms with Crippen molar-refractivity contribution in [3.63, 3.8) is 0 Å². The first-order valence-electron chi connectivity index (χ1n) is 5.50. The second-order valence-electron chi connectivity index (χ2n) is 3.96. The van der Waals surface area contributed by atoms with Crippen LogP contribution in [-0.4, -0.2) is 35.2 Å². The van der Waals surface area contributed by atoms with Crippen molar-refractivity contribution < 1.29 is 9.52 Å². The molecule has 0 unspecified atom stereocenters. The summed E-state index contributed by atoms with van der Waals surface area (Å²) in [6.07, 6.45) is 0. The van der Waals surface area contributed by atoms with Crippen LogP contribution in [0.15, 0.2) is 21.9 Å². The van der Waals surface area contributed by atoms with E-state index in [-0.39, 0.29) is 6.61 Å². The highest BCUT2D eigenvalue weighted by Gasteiger charge is 2.13. The topological polar surface area (TPSA) is 49.5 Å². The van der Waals surface area contributed by atoms with Gasteiger partial charge in [-0.05, 0) is 25.4 Å². The molecule has 0 aliphatic rings. The fourth-order valence-corrected chi connectivity index (χ4v) is 2.23. The van der Waals surface area contributed by atoms with Gasteiger partial charge in [-0.1, -0.05) is 6.07 Å². The van der Waals surface area contributed by atoms with Gasteiger partial charge in [0.15, 0.2) is 0 Å². The zero-order valence-corrected chi connectivity index (χ0v) is 10.8. The quantitative estimate of drug-likeness (QED) is 0.885. The first kappa shape index (κ1) is 12.3. The minimum atomic E-state index is 0.158. The molecule has 0 fully saturated rings. The van der Waals surface area contributed by atoms with E-state index in [1.165, 1.54) is 0 Å². The van der Waals surface area contributed by atoms with E-state index in [1.54, 1.807) is 11.3 Å². The molecule has 0 saturated heterocycles. The monoisotopic (exact) mass is 252 g/mol. The lowest BCUT2D eigenvalue weighted by Gasteiger charge is -2.12. The average Bonchev–Trinajstić information content (AvgIpc) is 2.89. The summed E-state index contributed by atoms with van der Waals surface area (Å²) in [6.45, 7) is 3.42. The maximum absolute atomic E-state index is 8.86. The third-order valence-electron chi connectivity index (χ3n) is 2.53. The van der Waals surface area contributed by atoms with Gasteiger partial charge in [0.1, 0.15) is 5.76 Å². The van der Waals surface area contributed by atoms with Crippen LogP contribution in [0.2, 0.25) is 0 Å². The number of likely N-dealkylation sites (N-methyl/N-ethyl adjacent to an activating group) is 1. The molecule has 0 saturated carbocycles. The highest BCUT2D eigenvalue weighted by molar-refractivity contribution is 7.13. The van der Waals surface area contributed by atoms with Gasteiger partial charge >= 0.3 is 0 Å². The van der Waals surface area contributed by atoms with Gasteiger partial charge in [-0.15, -0.1) is 11.3 Å². The standard InChI is InChI=1S/C12H16N2O2S/c1-9-10(8-14(2)5-6-15)13-12(16-9)11-4-3-7-17-11/h3-4,7,15H,5-6,8H2,1-2H3. The van der Waals surface area contributed by atoms with Crippen LogP contribution >= 0.6 is 11.3 Å². The van der Waals surface area contributed by atoms with E-state index < -0.39 is 0 Å². The fraction of sp³-hybridized carbons (Fsp3) is 0.417. The van der Waals surface area contributed by atoms with Crippen molar-refractivity contribution in [3.8, 4) is 10.8 Å². The summed E-state index contributed by atoms with van der Waals surface area (Å²) in [5, 5.41) is 10.9. The van der Waals surface area contributed by atoms with Crippen LogP contribution in [-0.2, 0) is 6.54 Å². The lowest BCUT2D eigenvalue weighted by molar-refractivity contribution is 0.215. The first-order chi connectivity index (χ1) is 8.20. The molecule has 2 aromatic heterocycles. The second kappa shape index (κ2) is 5.44. The molecule has 0 amide bonds. The van der Waals surface area contributed by atoms with E-state index in [0.29, 0.717) is 19.0 Å². The van der Waals surface area contributed by atoms with E-state index >= 15 is 0 Å². The van der Waals surface area contributed by atoms with Gasteiger partial charge in [0, 0.05) is 13.1 Å². The molecule has 0 bridgehead atoms. The maximum atomic E-state index is 8.86. The maximum Gasteiger partial charge on any atom is 0.236 e. The van der Waals surface area contributed by atoms with Gasteiger partial charge in [-0.2, -0.15) is 0 Å². The Hall–Kier alpha value is -1.17. The molecule has 0 atom stereocenters. The number of hydrogen-bond donors (Lipinski definition) is 1. The van der Waals surface area contributed by atoms with Crippen LogP contribution in [0, 0.1) is 6.92 Å². The highest BCUT2D eigenvalue weighted by Crippen LogP contribution is 2.26. The Kier molecular flexibility index (Phi) is 3.93. The zero-order chi connectivity index (χ0) is 12.3. The number of aliphatic hydroxyl groups excluding tert-OH is 1. The van der Waals surface area contributed by atoms with Gasteiger partial charge < -0.3 is 9.52 Å². The van der Waals surface area contributed by atoms with Crippen LogP contribution in [0.4, 0.5) is 0 Å². The van der Waals surface area contributed by atoms with Crippen LogP contribution in [0.1, 0.15) is 11.5 Å². The van der Waals surface area contributed by atoms with E-state index in [0.717, 1.165) is 16.3 Å². The van der Waals surface area contributed by atoms with Crippen LogP contribution in [0.25, 0.3) is 10.8 Å². The van der Waals surface area contributed by atoms with Gasteiger partial charge in [0.05, 0.1) is 17.2 Å². The minimum Gasteiger partial charge on any atom is -0.440 e. The van der Waals surface area contributed by atoms with Crippen molar-refractivity contribution in [2.24, 2.45) is 0 Å². The SMILES string of the molecule is Cc1oc(-c2cccs2)nc1CN(C)CCO. The Bertz CT molecular complexity index is 465. The summed E-state index contributed by atoms with van der Waals surface area (Å²) >= 11 is 1.62. The van der Waals surface area contributed by atoms with Gasteiger partial charge in [0.2, 0.25) is 5.89 Å². The van der Waals surface area contributed by atoms with Crippen LogP contribution < -0.4 is 0 Å². The van der Waals surface area contributed by atoms with Crippen molar-refractivity contribution in [1.82, 2.24) is 9.88 Å². The summed E-state index contributed by atoms with van der Waals surface area (Å²) in [4.78, 5) is 7.56. The van der Waals surface area contributed by atoms with E-state index in [9.17, 15) is 0 Å². The molecule has 2 aromatic rings. The number of aromatic nitrogens is 1. The third kappa shape index (κ3) is 2.94. The largest absolute Gasteiger partial charge is 0.440 e. The normalized spacial score (nSPS) is 11.3. The molecule has 4 nitrogen and oxygen atoms in total. The molecule has 0 radical (unpaired) electrons. The predicted octanol–water partition coefficient (Wildman–Crippen LogP) is 2.14. The third-order valence-corrected chi connectivity index (χ3v) is 3.38. The minimum absolute atomic E-state index is 0.158. The lowest BCUT2D eigenvalue weighted by Crippen LogP contribution is -2.22. The lowest BCUT2D eigenvalue weighted by atomic mass is 10.3. The summed E-state index contributed by atoms with van der Waals surface area (Å²) in [7, 11) is 1.95. The number of oxazole rings is 1. The molecule has 5 heteroatoms. The Morgan fingerprint density at radius 1 is 1.53 bits per heavy atom. The molecule has 0 aliphatic carbocycles. The molecule has 1 N–H and O–H groups in total. The van der Waals surface area contributed by atoms with E-state index in [1.807, 2.05) is 36.4 Å². The van der Waals surface area contributed by atoms with E-state index in [4.69, 9.17) is 9.52 Å². The van der Waals surface area contributed by atoms with Crippen molar-refractivity contribution in [2.45, 2.75) is 13.5 Å². The predicted molar refractivity (Wildman–Crippen MR) is 68.0 cm³/mol. The first-order valence-corrected chi connectivity index (χ1v) is 6.38. The Morgan fingerprint density at radius 2 is 2.35 bits per heavy atom. The number of nitrogens with zero attached hydrogens (tertiary/aromatic N) is 2. The Labute approximate surface area is 105 Å². The van der Waals surface area contributed by atoms with Gasteiger partial charge in [0.25, 0.3) is 0 Å². The van der Waals surface area contributed by atoms with Crippen molar-refractivity contribution >= 4 is 11.3 Å². The molecule has 17 heavy (non-hydrogen) atoms. The van der Waals surface area contributed by atoms with Crippen molar-refractivity contribution in [2.75, 3.05) is 20.2 Å². The summed E-state index contributed by atoms with van der Waals surface area (Å²) in [6, 6.07) is 3.98. The number of aliphatic hydroxyl groups is 1. The smallest absolute Gasteiger partial charge is 0.236 e. The molecule has 0 spiro atoms. The molecule has 2 rings (SSSR count). The van der Waals surface area contributed by atoms with Crippen molar-refractivity contribution in [3.05, 3.63) is 29.0 Å². The molecule has 0 aliphatic heterocycles. The summed E-state index contributed by atoms with van der Waals surface area (Å²) in [5.74, 6) is 1.53. The summed E-state index contributed by atoms with van der Waals surface area (Å²) in [5.41, 5.74) is 0.935. The number of hydrogen-bond acceptors (Lipinski definition) is 5. The van der Waals surface area contributed by atoms with Crippen LogP contribution in [0.3, 0.4) is 0 Å². The molecular formula is C12H16N2O2S. The Morgan fingerprint density at radius 3 is 3.00 bits per heavy atom. The average molecular weight is 252 g/mol. The van der Waals surface area contributed by atoms with Crippen molar-refractivity contribution in [1.29, 1.82) is 0 Å². The fourth-order valence-electron chi connectivity index (χ4n) is 1.59. The van der Waals surface area contributed by atoms with Crippen LogP contribution in [0.5, 0.6) is 0 Å². The highest BCUT2D eigenvalue weighted by atomic mass is 32.1. The van der Waals surface area contributed by atoms with Gasteiger partial charge in [-0.3, -0.25) is 4.90 Å². The van der Waals surface area contributed by atoms with Gasteiger partial charge in [-0.25, -0.2) is 4.98 Å². The molecular weight excluding hydrogens is 236 g/mol. The molecule has 92 valence electrons. The number of aryl methyl sites for hydroxylation is 1.